The smallest absolute Gasteiger partial charge is 0.243 e. The number of carbonyl (C=O) groups excluding carboxylic acids is 1. The largest absolute Gasteiger partial charge is 0.493 e. The Bertz CT molecular complexity index is 671. The van der Waals surface area contributed by atoms with Gasteiger partial charge in [-0.25, -0.2) is 4.99 Å². The van der Waals surface area contributed by atoms with Crippen LogP contribution >= 0.6 is 24.0 Å². The number of nitrogens with one attached hydrogen (secondary N) is 2. The van der Waals surface area contributed by atoms with Crippen LogP contribution in [0, 0.1) is 5.92 Å². The van der Waals surface area contributed by atoms with E-state index < -0.39 is 0 Å². The van der Waals surface area contributed by atoms with Crippen LogP contribution in [0.2, 0.25) is 0 Å². The van der Waals surface area contributed by atoms with Gasteiger partial charge in [-0.15, -0.1) is 24.0 Å². The number of methoxy groups -OCH3 is 2. The minimum absolute atomic E-state index is 0. The number of hydrogen-bond acceptors (Lipinski definition) is 5. The van der Waals surface area contributed by atoms with Gasteiger partial charge in [-0.05, 0) is 43.4 Å². The molecule has 0 aromatic heterocycles. The molecule has 0 aliphatic carbocycles. The average molecular weight is 550 g/mol. The van der Waals surface area contributed by atoms with E-state index in [1.165, 1.54) is 10.5 Å². The van der Waals surface area contributed by atoms with Crippen LogP contribution in [-0.2, 0) is 16.0 Å². The molecule has 0 spiro atoms. The number of rotatable bonds is 13. The highest BCUT2D eigenvalue weighted by atomic mass is 127. The molecule has 0 radical (unpaired) electrons. The first-order valence-electron chi connectivity index (χ1n) is 10.4. The van der Waals surface area contributed by atoms with Gasteiger partial charge in [0.2, 0.25) is 5.91 Å². The lowest BCUT2D eigenvalue weighted by Crippen LogP contribution is -2.41. The normalized spacial score (nSPS) is 11.9. The third-order valence-corrected chi connectivity index (χ3v) is 4.48. The number of benzene rings is 1. The first kappa shape index (κ1) is 29.2. The number of halogens is 1. The number of guanidine groups is 1. The van der Waals surface area contributed by atoms with Crippen molar-refractivity contribution < 1.29 is 19.0 Å². The van der Waals surface area contributed by atoms with Crippen molar-refractivity contribution in [3.05, 3.63) is 23.8 Å². The zero-order valence-corrected chi connectivity index (χ0v) is 22.0. The van der Waals surface area contributed by atoms with Crippen molar-refractivity contribution in [3.63, 3.8) is 0 Å². The number of carbonyl (C=O) groups is 1. The van der Waals surface area contributed by atoms with Gasteiger partial charge in [-0.1, -0.05) is 13.0 Å². The van der Waals surface area contributed by atoms with Crippen molar-refractivity contribution >= 4 is 35.8 Å². The first-order valence-corrected chi connectivity index (χ1v) is 10.4. The number of ether oxygens (including phenoxy) is 3. The van der Waals surface area contributed by atoms with Gasteiger partial charge < -0.3 is 29.7 Å². The Morgan fingerprint density at radius 1 is 1.16 bits per heavy atom. The van der Waals surface area contributed by atoms with Crippen molar-refractivity contribution in [1.29, 1.82) is 0 Å². The minimum Gasteiger partial charge on any atom is -0.493 e. The number of aliphatic imine (C=N–C) groups is 1. The summed E-state index contributed by atoms with van der Waals surface area (Å²) in [6.45, 7) is 7.12. The van der Waals surface area contributed by atoms with Crippen molar-refractivity contribution in [1.82, 2.24) is 15.5 Å². The monoisotopic (exact) mass is 550 g/mol. The molecule has 0 aliphatic heterocycles. The fourth-order valence-electron chi connectivity index (χ4n) is 2.74. The van der Waals surface area contributed by atoms with Crippen LogP contribution in [-0.4, -0.2) is 77.9 Å². The molecule has 1 rings (SSSR count). The summed E-state index contributed by atoms with van der Waals surface area (Å²) >= 11 is 0. The predicted octanol–water partition coefficient (Wildman–Crippen LogP) is 2.55. The number of likely N-dealkylation sites (N-methyl/N-ethyl adjacent to an activating group) is 1. The molecule has 8 nitrogen and oxygen atoms in total. The summed E-state index contributed by atoms with van der Waals surface area (Å²) in [7, 11) is 6.73. The summed E-state index contributed by atoms with van der Waals surface area (Å²) in [6, 6.07) is 5.98. The lowest BCUT2D eigenvalue weighted by Gasteiger charge is -2.18. The third kappa shape index (κ3) is 12.0. The Morgan fingerprint density at radius 3 is 2.48 bits per heavy atom. The molecule has 0 fully saturated rings. The van der Waals surface area contributed by atoms with E-state index in [1.807, 2.05) is 19.1 Å². The zero-order chi connectivity index (χ0) is 22.4. The number of amides is 1. The van der Waals surface area contributed by atoms with Crippen LogP contribution in [0.15, 0.2) is 23.2 Å². The molecule has 1 aromatic carbocycles. The van der Waals surface area contributed by atoms with Gasteiger partial charge in [0.25, 0.3) is 0 Å². The molecule has 0 heterocycles. The van der Waals surface area contributed by atoms with Crippen molar-refractivity contribution in [2.45, 2.75) is 26.7 Å². The SMILES string of the molecule is CCOCCCNC(=NCC(=O)N(C)C)NCC(C)Cc1ccc(OC)c(OC)c1.I. The lowest BCUT2D eigenvalue weighted by molar-refractivity contribution is -0.127. The summed E-state index contributed by atoms with van der Waals surface area (Å²) in [5.41, 5.74) is 1.17. The van der Waals surface area contributed by atoms with Crippen LogP contribution in [0.1, 0.15) is 25.8 Å². The molecule has 1 aromatic rings. The van der Waals surface area contributed by atoms with E-state index in [-0.39, 0.29) is 36.4 Å². The quantitative estimate of drug-likeness (QED) is 0.170. The van der Waals surface area contributed by atoms with E-state index in [4.69, 9.17) is 14.2 Å². The maximum atomic E-state index is 11.9. The Hall–Kier alpha value is -1.75. The fraction of sp³-hybridized carbons (Fsp3) is 0.636. The molecular formula is C22H39IN4O4. The Kier molecular flexibility index (Phi) is 15.9. The molecule has 1 atom stereocenters. The van der Waals surface area contributed by atoms with E-state index in [0.29, 0.717) is 25.1 Å². The van der Waals surface area contributed by atoms with Crippen LogP contribution in [0.3, 0.4) is 0 Å². The second-order valence-corrected chi connectivity index (χ2v) is 7.31. The van der Waals surface area contributed by atoms with Gasteiger partial charge in [0.05, 0.1) is 14.2 Å². The van der Waals surface area contributed by atoms with Crippen molar-refractivity contribution in [2.24, 2.45) is 10.9 Å². The maximum absolute atomic E-state index is 11.9. The summed E-state index contributed by atoms with van der Waals surface area (Å²) < 4.78 is 16.1. The molecule has 1 amide bonds. The molecular weight excluding hydrogens is 511 g/mol. The Labute approximate surface area is 204 Å². The first-order chi connectivity index (χ1) is 14.4. The summed E-state index contributed by atoms with van der Waals surface area (Å²) in [4.78, 5) is 17.8. The fourth-order valence-corrected chi connectivity index (χ4v) is 2.74. The molecule has 0 saturated carbocycles. The van der Waals surface area contributed by atoms with Gasteiger partial charge >= 0.3 is 0 Å². The van der Waals surface area contributed by atoms with E-state index >= 15 is 0 Å². The Balaban J connectivity index is 0.00000900. The molecule has 9 heteroatoms. The van der Waals surface area contributed by atoms with E-state index in [2.05, 4.69) is 28.6 Å². The molecule has 0 aliphatic rings. The highest BCUT2D eigenvalue weighted by Gasteiger charge is 2.10. The molecule has 0 saturated heterocycles. The molecule has 31 heavy (non-hydrogen) atoms. The molecule has 0 bridgehead atoms. The highest BCUT2D eigenvalue weighted by molar-refractivity contribution is 14.0. The Morgan fingerprint density at radius 2 is 1.87 bits per heavy atom. The predicted molar refractivity (Wildman–Crippen MR) is 136 cm³/mol. The second kappa shape index (κ2) is 16.9. The maximum Gasteiger partial charge on any atom is 0.243 e. The summed E-state index contributed by atoms with van der Waals surface area (Å²) in [6.07, 6.45) is 1.75. The van der Waals surface area contributed by atoms with Crippen LogP contribution in [0.5, 0.6) is 11.5 Å². The van der Waals surface area contributed by atoms with Crippen LogP contribution < -0.4 is 20.1 Å². The molecule has 178 valence electrons. The summed E-state index contributed by atoms with van der Waals surface area (Å²) in [5.74, 6) is 2.41. The van der Waals surface area contributed by atoms with E-state index in [1.54, 1.807) is 28.3 Å². The van der Waals surface area contributed by atoms with E-state index in [9.17, 15) is 4.79 Å². The lowest BCUT2D eigenvalue weighted by atomic mass is 10.0. The van der Waals surface area contributed by atoms with Gasteiger partial charge in [0.1, 0.15) is 6.54 Å². The molecule has 1 unspecified atom stereocenters. The topological polar surface area (TPSA) is 84.4 Å². The number of nitrogens with zero attached hydrogens (tertiary/aromatic N) is 2. The third-order valence-electron chi connectivity index (χ3n) is 4.48. The zero-order valence-electron chi connectivity index (χ0n) is 19.7. The van der Waals surface area contributed by atoms with Gasteiger partial charge in [-0.2, -0.15) is 0 Å². The number of hydrogen-bond donors (Lipinski definition) is 2. The van der Waals surface area contributed by atoms with Crippen LogP contribution in [0.4, 0.5) is 0 Å². The molecule has 2 N–H and O–H groups in total. The van der Waals surface area contributed by atoms with Crippen molar-refractivity contribution in [3.8, 4) is 11.5 Å². The minimum atomic E-state index is -0.0382. The van der Waals surface area contributed by atoms with Crippen molar-refractivity contribution in [2.75, 3.05) is 61.2 Å². The van der Waals surface area contributed by atoms with Gasteiger partial charge in [0.15, 0.2) is 17.5 Å². The second-order valence-electron chi connectivity index (χ2n) is 7.31. The van der Waals surface area contributed by atoms with Gasteiger partial charge in [0, 0.05) is 40.4 Å². The average Bonchev–Trinajstić information content (AvgIpc) is 2.74. The summed E-state index contributed by atoms with van der Waals surface area (Å²) in [5, 5.41) is 6.62. The standard InChI is InChI=1S/C22H38N4O4.HI/c1-7-30-12-8-11-23-22(25-16-21(27)26(3)4)24-15-17(2)13-18-9-10-19(28-5)20(14-18)29-6;/h9-10,14,17H,7-8,11-13,15-16H2,1-6H3,(H2,23,24,25);1H. The van der Waals surface area contributed by atoms with E-state index in [0.717, 1.165) is 37.4 Å². The van der Waals surface area contributed by atoms with Crippen LogP contribution in [0.25, 0.3) is 0 Å². The van der Waals surface area contributed by atoms with Gasteiger partial charge in [-0.3, -0.25) is 4.79 Å². The highest BCUT2D eigenvalue weighted by Crippen LogP contribution is 2.28.